The largest absolute Gasteiger partial charge is 0.438 e. The molecule has 44 heavy (non-hydrogen) atoms. The first kappa shape index (κ1) is 34.3. The van der Waals surface area contributed by atoms with Crippen molar-refractivity contribution in [3.05, 3.63) is 91.3 Å². The van der Waals surface area contributed by atoms with Gasteiger partial charge in [-0.2, -0.15) is 4.68 Å². The Bertz CT molecular complexity index is 1660. The van der Waals surface area contributed by atoms with Gasteiger partial charge in [-0.1, -0.05) is 0 Å². The van der Waals surface area contributed by atoms with Gasteiger partial charge in [-0.05, 0) is 65.8 Å². The monoisotopic (exact) mass is 608 g/mol. The summed E-state index contributed by atoms with van der Waals surface area (Å²) >= 11 is 0. The van der Waals surface area contributed by atoms with Gasteiger partial charge < -0.3 is 14.8 Å². The summed E-state index contributed by atoms with van der Waals surface area (Å²) in [5.74, 6) is 1.64. The number of amides is 1. The van der Waals surface area contributed by atoms with Crippen LogP contribution in [0.5, 0.6) is 23.3 Å². The minimum absolute atomic E-state index is 0.0244. The zero-order valence-corrected chi connectivity index (χ0v) is 25.0. The predicted octanol–water partition coefficient (Wildman–Crippen LogP) is 5.85. The molecule has 0 aliphatic rings. The minimum Gasteiger partial charge on any atom is -0.438 e. The van der Waals surface area contributed by atoms with Crippen LogP contribution in [0.1, 0.15) is 36.4 Å². The second-order valence-electron chi connectivity index (χ2n) is 8.94. The number of benzene rings is 2. The zero-order chi connectivity index (χ0) is 32.8. The van der Waals surface area contributed by atoms with Crippen LogP contribution in [0.4, 0.5) is 16.2 Å². The van der Waals surface area contributed by atoms with Crippen molar-refractivity contribution in [1.29, 1.82) is 0 Å². The number of nitrogens with one attached hydrogen (secondary N) is 2. The van der Waals surface area contributed by atoms with Crippen molar-refractivity contribution in [1.82, 2.24) is 25.3 Å². The Kier molecular flexibility index (Phi) is 12.9. The van der Waals surface area contributed by atoms with Gasteiger partial charge in [0.05, 0.1) is 15.5 Å². The lowest BCUT2D eigenvalue weighted by Crippen LogP contribution is -2.29. The first-order valence-corrected chi connectivity index (χ1v) is 13.2. The molecule has 0 aliphatic heterocycles. The van der Waals surface area contributed by atoms with Gasteiger partial charge in [0.25, 0.3) is 11.4 Å². The van der Waals surface area contributed by atoms with Gasteiger partial charge in [-0.25, -0.2) is 14.6 Å². The summed E-state index contributed by atoms with van der Waals surface area (Å²) in [4.78, 5) is 44.6. The number of carbonyl (C=O) groups is 1. The molecule has 0 spiro atoms. The van der Waals surface area contributed by atoms with E-state index in [-0.39, 0.29) is 23.3 Å². The predicted molar refractivity (Wildman–Crippen MR) is 159 cm³/mol. The normalized spacial score (nSPS) is 9.77. The molecule has 232 valence electrons. The van der Waals surface area contributed by atoms with Crippen LogP contribution in [0.15, 0.2) is 53.5 Å². The molecule has 16 nitrogen and oxygen atoms in total. The van der Waals surface area contributed by atoms with Crippen LogP contribution in [-0.4, -0.2) is 55.0 Å². The maximum Gasteiger partial charge on any atom is 0.342 e. The number of aryl methyl sites for hydroxylation is 4. The number of aromatic nitrogens is 4. The van der Waals surface area contributed by atoms with Gasteiger partial charge in [0.2, 0.25) is 17.8 Å². The van der Waals surface area contributed by atoms with Gasteiger partial charge in [0.15, 0.2) is 0 Å². The van der Waals surface area contributed by atoms with E-state index in [4.69, 9.17) is 14.3 Å². The number of ether oxygens (including phenoxy) is 2. The van der Waals surface area contributed by atoms with Crippen molar-refractivity contribution in [3.8, 4) is 23.3 Å². The Hall–Kier alpha value is -5.89. The summed E-state index contributed by atoms with van der Waals surface area (Å²) in [6.07, 6.45) is 1.39. The zero-order valence-electron chi connectivity index (χ0n) is 25.0. The second-order valence-corrected chi connectivity index (χ2v) is 8.94. The fourth-order valence-electron chi connectivity index (χ4n) is 3.47. The summed E-state index contributed by atoms with van der Waals surface area (Å²) < 4.78 is 12.2. The number of hydrogen-bond donors (Lipinski definition) is 2. The highest BCUT2D eigenvalue weighted by Crippen LogP contribution is 2.28. The van der Waals surface area contributed by atoms with Crippen molar-refractivity contribution >= 4 is 23.5 Å². The number of nitro benzene ring substituents is 2. The highest BCUT2D eigenvalue weighted by Gasteiger charge is 2.15. The van der Waals surface area contributed by atoms with E-state index in [1.165, 1.54) is 29.0 Å². The molecule has 0 unspecified atom stereocenters. The molecule has 0 fully saturated rings. The van der Waals surface area contributed by atoms with E-state index in [2.05, 4.69) is 25.6 Å². The summed E-state index contributed by atoms with van der Waals surface area (Å²) in [5.41, 5.74) is 2.66. The number of nitro groups is 2. The van der Waals surface area contributed by atoms with Crippen LogP contribution in [0.25, 0.3) is 0 Å². The van der Waals surface area contributed by atoms with Crippen LogP contribution in [0.3, 0.4) is 0 Å². The van der Waals surface area contributed by atoms with E-state index in [9.17, 15) is 25.0 Å². The quantitative estimate of drug-likeness (QED) is 0.105. The Morgan fingerprint density at radius 2 is 1.48 bits per heavy atom. The first-order valence-electron chi connectivity index (χ1n) is 13.2. The van der Waals surface area contributed by atoms with Crippen LogP contribution in [0.2, 0.25) is 0 Å². The lowest BCUT2D eigenvalue weighted by Gasteiger charge is -2.04. The lowest BCUT2D eigenvalue weighted by atomic mass is 10.2. The molecule has 4 rings (SSSR count). The number of aromatic amines is 1. The Morgan fingerprint density at radius 3 is 1.86 bits per heavy atom. The van der Waals surface area contributed by atoms with Crippen molar-refractivity contribution in [2.75, 3.05) is 13.1 Å². The highest BCUT2D eigenvalue weighted by atomic mass is 16.6. The van der Waals surface area contributed by atoms with Crippen LogP contribution in [-0.2, 0) is 4.79 Å². The highest BCUT2D eigenvalue weighted by molar-refractivity contribution is 5.76. The maximum atomic E-state index is 11.8. The fourth-order valence-corrected chi connectivity index (χ4v) is 3.47. The maximum absolute atomic E-state index is 11.8. The number of carbonyl (C=O) groups excluding carboxylic acids is 2. The average Bonchev–Trinajstić information content (AvgIpc) is 3.53. The minimum atomic E-state index is -0.451. The molecule has 2 aromatic carbocycles. The molecule has 4 aromatic rings. The van der Waals surface area contributed by atoms with Crippen molar-refractivity contribution < 1.29 is 28.9 Å². The molecule has 0 bridgehead atoms. The van der Waals surface area contributed by atoms with Crippen LogP contribution < -0.4 is 14.8 Å². The van der Waals surface area contributed by atoms with Gasteiger partial charge in [0.1, 0.15) is 11.5 Å². The summed E-state index contributed by atoms with van der Waals surface area (Å²) in [6.45, 7) is 11.5. The van der Waals surface area contributed by atoms with E-state index in [0.717, 1.165) is 5.69 Å². The third-order valence-corrected chi connectivity index (χ3v) is 5.47. The number of isocyanates is 1. The lowest BCUT2D eigenvalue weighted by molar-refractivity contribution is -0.385. The summed E-state index contributed by atoms with van der Waals surface area (Å²) in [7, 11) is 0. The second kappa shape index (κ2) is 16.5. The van der Waals surface area contributed by atoms with Gasteiger partial charge in [-0.15, -0.1) is 10.2 Å². The molecule has 2 N–H and O–H groups in total. The SMILES string of the molecule is CCN=C=O.CCNC(=O)n1nc(Oc2ccc([N+](=O)[O-])c(C)c2)cc1C.Cc1cc(Oc2ccc([N+](=O)[O-])c(C)c2)n[nH]1. The molecule has 2 aromatic heterocycles. The Morgan fingerprint density at radius 1 is 0.932 bits per heavy atom. The number of hydrogen-bond acceptors (Lipinski definition) is 11. The van der Waals surface area contributed by atoms with Crippen molar-refractivity contribution in [3.63, 3.8) is 0 Å². The molecular weight excluding hydrogens is 576 g/mol. The van der Waals surface area contributed by atoms with E-state index in [0.29, 0.717) is 47.3 Å². The average molecular weight is 609 g/mol. The van der Waals surface area contributed by atoms with E-state index in [1.807, 2.05) is 13.8 Å². The number of rotatable bonds is 8. The molecule has 0 radical (unpaired) electrons. The summed E-state index contributed by atoms with van der Waals surface area (Å²) in [6, 6.07) is 12.0. The number of H-pyrrole nitrogens is 1. The van der Waals surface area contributed by atoms with Gasteiger partial charge in [-0.3, -0.25) is 25.3 Å². The molecule has 0 saturated heterocycles. The number of aliphatic imine (C=N–C) groups is 1. The molecule has 16 heteroatoms. The Balaban J connectivity index is 0.000000272. The molecule has 1 amide bonds. The summed E-state index contributed by atoms with van der Waals surface area (Å²) in [5, 5.41) is 34.8. The van der Waals surface area contributed by atoms with Gasteiger partial charge in [0, 0.05) is 54.2 Å². The van der Waals surface area contributed by atoms with E-state index >= 15 is 0 Å². The van der Waals surface area contributed by atoms with Crippen LogP contribution >= 0.6 is 0 Å². The third kappa shape index (κ3) is 10.2. The van der Waals surface area contributed by atoms with Crippen LogP contribution in [0, 0.1) is 47.9 Å². The fraction of sp³-hybridized carbons (Fsp3) is 0.286. The molecule has 0 atom stereocenters. The Labute approximate surface area is 252 Å². The molecule has 2 heterocycles. The van der Waals surface area contributed by atoms with Gasteiger partial charge >= 0.3 is 6.03 Å². The standard InChI is InChI=1S/C14H16N4O4.C11H11N3O3.C3H5NO/c1-4-15-14(19)17-10(3)8-13(16-17)22-11-5-6-12(18(20)21)9(2)7-11;1-7-5-9(3-4-10(7)14(15)16)17-11-6-8(2)12-13-11;1-2-4-3-5/h5-8H,4H2,1-3H3,(H,15,19);3-6H,1-2H3,(H,12,13);2H2,1H3. The van der Waals surface area contributed by atoms with Crippen molar-refractivity contribution in [2.24, 2.45) is 4.99 Å². The number of nitrogens with zero attached hydrogens (tertiary/aromatic N) is 6. The molecule has 0 saturated carbocycles. The smallest absolute Gasteiger partial charge is 0.342 e. The third-order valence-electron chi connectivity index (χ3n) is 5.47. The first-order chi connectivity index (χ1) is 20.9. The van der Waals surface area contributed by atoms with E-state index < -0.39 is 9.85 Å². The molecule has 0 aliphatic carbocycles. The topological polar surface area (TPSA) is 210 Å². The van der Waals surface area contributed by atoms with E-state index in [1.54, 1.807) is 58.0 Å². The molecular formula is C28H32N8O8. The van der Waals surface area contributed by atoms with Crippen molar-refractivity contribution in [2.45, 2.75) is 41.5 Å².